The number of hydrogen-bond acceptors (Lipinski definition) is 5. The molecule has 6 nitrogen and oxygen atoms in total. The summed E-state index contributed by atoms with van der Waals surface area (Å²) in [6.45, 7) is 1.88. The highest BCUT2D eigenvalue weighted by Crippen LogP contribution is 2.53. The van der Waals surface area contributed by atoms with E-state index in [0.717, 1.165) is 4.90 Å². The first-order valence-electron chi connectivity index (χ1n) is 9.48. The van der Waals surface area contributed by atoms with Crippen molar-refractivity contribution in [1.29, 1.82) is 0 Å². The summed E-state index contributed by atoms with van der Waals surface area (Å²) < 4.78 is 19.8. The van der Waals surface area contributed by atoms with E-state index in [2.05, 4.69) is 5.32 Å². The van der Waals surface area contributed by atoms with Gasteiger partial charge < -0.3 is 4.74 Å². The standard InChI is InChI=1S/C22H21FN2O4/c1-3-25-19(26)16-17(20(25)27)22(21(28)29-2,13-9-5-4-6-10-13)24-18(16)14-11-7-8-12-15(14)23/h4-12,16-18,24H,3H2,1-2H3/t16-,17+,18-,22-/m1/s1. The first-order chi connectivity index (χ1) is 14.0. The van der Waals surface area contributed by atoms with Crippen LogP contribution in [0.25, 0.3) is 0 Å². The van der Waals surface area contributed by atoms with Gasteiger partial charge in [-0.15, -0.1) is 0 Å². The average Bonchev–Trinajstić information content (AvgIpc) is 3.23. The molecule has 4 atom stereocenters. The lowest BCUT2D eigenvalue weighted by atomic mass is 9.75. The molecule has 2 aliphatic heterocycles. The van der Waals surface area contributed by atoms with E-state index in [9.17, 15) is 18.8 Å². The van der Waals surface area contributed by atoms with Gasteiger partial charge in [-0.3, -0.25) is 19.8 Å². The third-order valence-corrected chi connectivity index (χ3v) is 5.94. The third-order valence-electron chi connectivity index (χ3n) is 5.94. The number of carbonyl (C=O) groups is 3. The van der Waals surface area contributed by atoms with Crippen molar-refractivity contribution in [2.24, 2.45) is 11.8 Å². The molecule has 0 unspecified atom stereocenters. The van der Waals surface area contributed by atoms with Gasteiger partial charge in [0, 0.05) is 18.2 Å². The van der Waals surface area contributed by atoms with Crippen molar-refractivity contribution in [2.75, 3.05) is 13.7 Å². The predicted octanol–water partition coefficient (Wildman–Crippen LogP) is 2.16. The van der Waals surface area contributed by atoms with E-state index in [1.807, 2.05) is 0 Å². The molecule has 29 heavy (non-hydrogen) atoms. The Labute approximate surface area is 167 Å². The van der Waals surface area contributed by atoms with E-state index in [1.54, 1.807) is 55.5 Å². The van der Waals surface area contributed by atoms with E-state index >= 15 is 0 Å². The van der Waals surface area contributed by atoms with Gasteiger partial charge in [-0.2, -0.15) is 0 Å². The summed E-state index contributed by atoms with van der Waals surface area (Å²) in [4.78, 5) is 40.7. The van der Waals surface area contributed by atoms with E-state index in [1.165, 1.54) is 13.2 Å². The summed E-state index contributed by atoms with van der Waals surface area (Å²) in [6.07, 6.45) is 0. The van der Waals surface area contributed by atoms with Crippen LogP contribution in [0.1, 0.15) is 24.1 Å². The van der Waals surface area contributed by atoms with Gasteiger partial charge in [0.25, 0.3) is 0 Å². The highest BCUT2D eigenvalue weighted by Gasteiger charge is 2.69. The molecule has 2 aliphatic rings. The number of carbonyl (C=O) groups excluding carboxylic acids is 3. The Kier molecular flexibility index (Phi) is 4.70. The molecular formula is C22H21FN2O4. The number of nitrogens with one attached hydrogen (secondary N) is 1. The summed E-state index contributed by atoms with van der Waals surface area (Å²) in [5.41, 5.74) is -0.854. The largest absolute Gasteiger partial charge is 0.467 e. The molecule has 0 radical (unpaired) electrons. The van der Waals surface area contributed by atoms with Crippen LogP contribution in [-0.4, -0.2) is 36.3 Å². The van der Waals surface area contributed by atoms with Gasteiger partial charge >= 0.3 is 5.97 Å². The second-order valence-electron chi connectivity index (χ2n) is 7.23. The maximum Gasteiger partial charge on any atom is 0.331 e. The van der Waals surface area contributed by atoms with Gasteiger partial charge in [0.15, 0.2) is 5.54 Å². The highest BCUT2D eigenvalue weighted by molar-refractivity contribution is 6.09. The number of nitrogens with zero attached hydrogens (tertiary/aromatic N) is 1. The lowest BCUT2D eigenvalue weighted by Crippen LogP contribution is -2.53. The number of halogens is 1. The molecule has 0 bridgehead atoms. The van der Waals surface area contributed by atoms with Crippen molar-refractivity contribution in [3.8, 4) is 0 Å². The van der Waals surface area contributed by atoms with Crippen LogP contribution in [0.2, 0.25) is 0 Å². The Hall–Kier alpha value is -3.06. The van der Waals surface area contributed by atoms with Crippen molar-refractivity contribution < 1.29 is 23.5 Å². The normalized spacial score (nSPS) is 28.5. The highest BCUT2D eigenvalue weighted by atomic mass is 19.1. The molecule has 2 aromatic rings. The third kappa shape index (κ3) is 2.61. The molecule has 0 saturated carbocycles. The molecule has 150 valence electrons. The Bertz CT molecular complexity index is 980. The number of fused-ring (bicyclic) bond motifs is 1. The molecule has 2 heterocycles. The number of benzene rings is 2. The van der Waals surface area contributed by atoms with Gasteiger partial charge in [-0.1, -0.05) is 48.5 Å². The molecule has 0 aromatic heterocycles. The Balaban J connectivity index is 1.97. The van der Waals surface area contributed by atoms with Crippen molar-refractivity contribution in [1.82, 2.24) is 10.2 Å². The second kappa shape index (κ2) is 7.08. The zero-order valence-corrected chi connectivity index (χ0v) is 16.1. The Morgan fingerprint density at radius 3 is 2.38 bits per heavy atom. The molecule has 2 amide bonds. The Morgan fingerprint density at radius 2 is 1.76 bits per heavy atom. The monoisotopic (exact) mass is 396 g/mol. The van der Waals surface area contributed by atoms with Gasteiger partial charge in [-0.25, -0.2) is 9.18 Å². The van der Waals surface area contributed by atoms with Crippen molar-refractivity contribution >= 4 is 17.8 Å². The minimum absolute atomic E-state index is 0.181. The Morgan fingerprint density at radius 1 is 1.10 bits per heavy atom. The van der Waals surface area contributed by atoms with E-state index < -0.39 is 47.0 Å². The molecule has 2 fully saturated rings. The molecule has 2 saturated heterocycles. The first-order valence-corrected chi connectivity index (χ1v) is 9.48. The number of esters is 1. The lowest BCUT2D eigenvalue weighted by molar-refractivity contribution is -0.154. The van der Waals surface area contributed by atoms with Crippen molar-refractivity contribution in [3.63, 3.8) is 0 Å². The van der Waals surface area contributed by atoms with E-state index in [0.29, 0.717) is 5.56 Å². The molecule has 4 rings (SSSR count). The molecule has 0 spiro atoms. The van der Waals surface area contributed by atoms with E-state index in [-0.39, 0.29) is 12.1 Å². The predicted molar refractivity (Wildman–Crippen MR) is 102 cm³/mol. The number of amides is 2. The van der Waals surface area contributed by atoms with Crippen LogP contribution in [0.4, 0.5) is 4.39 Å². The van der Waals surface area contributed by atoms with Crippen LogP contribution in [0.3, 0.4) is 0 Å². The number of hydrogen-bond donors (Lipinski definition) is 1. The average molecular weight is 396 g/mol. The fourth-order valence-corrected chi connectivity index (χ4v) is 4.71. The van der Waals surface area contributed by atoms with Gasteiger partial charge in [0.2, 0.25) is 11.8 Å². The van der Waals surface area contributed by atoms with Gasteiger partial charge in [-0.05, 0) is 18.6 Å². The molecule has 1 N–H and O–H groups in total. The maximum absolute atomic E-state index is 14.7. The molecular weight excluding hydrogens is 375 g/mol. The number of ether oxygens (including phenoxy) is 1. The topological polar surface area (TPSA) is 75.7 Å². The lowest BCUT2D eigenvalue weighted by Gasteiger charge is -2.32. The smallest absolute Gasteiger partial charge is 0.331 e. The zero-order valence-electron chi connectivity index (χ0n) is 16.1. The quantitative estimate of drug-likeness (QED) is 0.633. The molecule has 0 aliphatic carbocycles. The van der Waals surface area contributed by atoms with Crippen LogP contribution in [0.5, 0.6) is 0 Å². The summed E-state index contributed by atoms with van der Waals surface area (Å²) in [6, 6.07) is 13.9. The first kappa shape index (κ1) is 19.3. The van der Waals surface area contributed by atoms with E-state index in [4.69, 9.17) is 4.74 Å². The van der Waals surface area contributed by atoms with Crippen LogP contribution >= 0.6 is 0 Å². The zero-order chi connectivity index (χ0) is 20.8. The summed E-state index contributed by atoms with van der Waals surface area (Å²) in [5, 5.41) is 3.15. The van der Waals surface area contributed by atoms with Gasteiger partial charge in [0.05, 0.1) is 18.9 Å². The molecule has 2 aromatic carbocycles. The van der Waals surface area contributed by atoms with Crippen LogP contribution < -0.4 is 5.32 Å². The van der Waals surface area contributed by atoms with Gasteiger partial charge in [0.1, 0.15) is 5.82 Å². The van der Waals surface area contributed by atoms with Crippen molar-refractivity contribution in [3.05, 3.63) is 71.5 Å². The number of methoxy groups -OCH3 is 1. The minimum Gasteiger partial charge on any atom is -0.467 e. The fourth-order valence-electron chi connectivity index (χ4n) is 4.71. The van der Waals surface area contributed by atoms with Crippen LogP contribution in [0, 0.1) is 17.7 Å². The second-order valence-corrected chi connectivity index (χ2v) is 7.23. The fraction of sp³-hybridized carbons (Fsp3) is 0.318. The van der Waals surface area contributed by atoms with Crippen LogP contribution in [0.15, 0.2) is 54.6 Å². The SMILES string of the molecule is CCN1C(=O)[C@H]2[C@@H](c3ccccc3F)N[C@](C(=O)OC)(c3ccccc3)[C@@H]2C1=O. The summed E-state index contributed by atoms with van der Waals surface area (Å²) >= 11 is 0. The molecule has 7 heteroatoms. The van der Waals surface area contributed by atoms with Crippen LogP contribution in [-0.2, 0) is 24.7 Å². The summed E-state index contributed by atoms with van der Waals surface area (Å²) in [7, 11) is 1.24. The minimum atomic E-state index is -1.59. The number of imide groups is 1. The summed E-state index contributed by atoms with van der Waals surface area (Å²) in [5.74, 6) is -4.01. The number of rotatable bonds is 4. The number of likely N-dealkylation sites (tertiary alicyclic amines) is 1. The maximum atomic E-state index is 14.7. The van der Waals surface area contributed by atoms with Crippen molar-refractivity contribution in [2.45, 2.75) is 18.5 Å².